The van der Waals surface area contributed by atoms with Crippen molar-refractivity contribution in [3.63, 3.8) is 0 Å². The Morgan fingerprint density at radius 3 is 2.12 bits per heavy atom. The third-order valence-corrected chi connectivity index (χ3v) is 2.59. The van der Waals surface area contributed by atoms with Gasteiger partial charge in [0, 0.05) is 0 Å². The van der Waals surface area contributed by atoms with Crippen molar-refractivity contribution in [1.82, 2.24) is 0 Å². The van der Waals surface area contributed by atoms with E-state index in [0.717, 1.165) is 11.1 Å². The van der Waals surface area contributed by atoms with Crippen molar-refractivity contribution < 1.29 is 18.3 Å². The van der Waals surface area contributed by atoms with Crippen molar-refractivity contribution in [2.75, 3.05) is 0 Å². The Kier molecular flexibility index (Phi) is 5.45. The molecule has 17 heavy (non-hydrogen) atoms. The monoisotopic (exact) mass is 269 g/mol. The molecule has 0 unspecified atom stereocenters. The molecule has 98 valence electrons. The molecule has 2 atom stereocenters. The Morgan fingerprint density at radius 1 is 1.18 bits per heavy atom. The Labute approximate surface area is 104 Å². The summed E-state index contributed by atoms with van der Waals surface area (Å²) >= 11 is 0. The normalized spacial score (nSPS) is 15.0. The molecule has 0 aliphatic carbocycles. The number of hydrogen-bond donors (Lipinski definition) is 2. The maximum Gasteiger partial charge on any atom is 0.416 e. The standard InChI is InChI=1S/C11H14F3NO.ClH/c1-6-3-4-8(5-7(6)2)9(15)10(16)11(12,13)14;/h3-5,9-10,16H,15H2,1-2H3;1H/t9-,10-;/m1./s1. The predicted octanol–water partition coefficient (Wildman–Crippen LogP) is 2.65. The lowest BCUT2D eigenvalue weighted by molar-refractivity contribution is -0.210. The number of rotatable bonds is 2. The van der Waals surface area contributed by atoms with Crippen molar-refractivity contribution in [1.29, 1.82) is 0 Å². The second-order valence-corrected chi connectivity index (χ2v) is 3.86. The summed E-state index contributed by atoms with van der Waals surface area (Å²) in [6.07, 6.45) is -7.23. The summed E-state index contributed by atoms with van der Waals surface area (Å²) in [5.41, 5.74) is 7.48. The Balaban J connectivity index is 0.00000256. The van der Waals surface area contributed by atoms with E-state index in [-0.39, 0.29) is 18.0 Å². The Hall–Kier alpha value is -0.780. The van der Waals surface area contributed by atoms with Crippen LogP contribution in [0.3, 0.4) is 0 Å². The van der Waals surface area contributed by atoms with Crippen LogP contribution in [0.25, 0.3) is 0 Å². The van der Waals surface area contributed by atoms with Crippen LogP contribution in [0.1, 0.15) is 22.7 Å². The van der Waals surface area contributed by atoms with Gasteiger partial charge in [0.05, 0.1) is 6.04 Å². The van der Waals surface area contributed by atoms with E-state index < -0.39 is 18.3 Å². The van der Waals surface area contributed by atoms with Crippen LogP contribution < -0.4 is 5.73 Å². The van der Waals surface area contributed by atoms with Gasteiger partial charge < -0.3 is 10.8 Å². The van der Waals surface area contributed by atoms with Gasteiger partial charge in [0.15, 0.2) is 6.10 Å². The number of alkyl halides is 3. The van der Waals surface area contributed by atoms with Crippen LogP contribution in [0.2, 0.25) is 0 Å². The van der Waals surface area contributed by atoms with Crippen LogP contribution in [-0.4, -0.2) is 17.4 Å². The van der Waals surface area contributed by atoms with Crippen LogP contribution in [-0.2, 0) is 0 Å². The SMILES string of the molecule is Cc1ccc([C@@H](N)[C@@H](O)C(F)(F)F)cc1C.Cl. The minimum atomic E-state index is -4.70. The summed E-state index contributed by atoms with van der Waals surface area (Å²) in [6.45, 7) is 3.64. The minimum absolute atomic E-state index is 0. The van der Waals surface area contributed by atoms with E-state index in [2.05, 4.69) is 0 Å². The number of aliphatic hydroxyl groups is 1. The maximum absolute atomic E-state index is 12.2. The predicted molar refractivity (Wildman–Crippen MR) is 62.2 cm³/mol. The zero-order valence-corrected chi connectivity index (χ0v) is 10.3. The lowest BCUT2D eigenvalue weighted by Gasteiger charge is -2.22. The second kappa shape index (κ2) is 5.71. The van der Waals surface area contributed by atoms with Gasteiger partial charge in [-0.05, 0) is 30.5 Å². The fourth-order valence-electron chi connectivity index (χ4n) is 1.36. The van der Waals surface area contributed by atoms with Gasteiger partial charge in [0.25, 0.3) is 0 Å². The second-order valence-electron chi connectivity index (χ2n) is 3.86. The van der Waals surface area contributed by atoms with Crippen LogP contribution >= 0.6 is 12.4 Å². The fraction of sp³-hybridized carbons (Fsp3) is 0.455. The molecule has 0 radical (unpaired) electrons. The lowest BCUT2D eigenvalue weighted by atomic mass is 9.98. The summed E-state index contributed by atoms with van der Waals surface area (Å²) < 4.78 is 36.7. The average molecular weight is 270 g/mol. The van der Waals surface area contributed by atoms with E-state index in [0.29, 0.717) is 0 Å². The zero-order chi connectivity index (χ0) is 12.5. The number of aryl methyl sites for hydroxylation is 2. The highest BCUT2D eigenvalue weighted by atomic mass is 35.5. The van der Waals surface area contributed by atoms with Gasteiger partial charge in [-0.3, -0.25) is 0 Å². The van der Waals surface area contributed by atoms with Crippen molar-refractivity contribution in [3.05, 3.63) is 34.9 Å². The lowest BCUT2D eigenvalue weighted by Crippen LogP contribution is -2.38. The smallest absolute Gasteiger partial charge is 0.382 e. The van der Waals surface area contributed by atoms with Crippen LogP contribution in [0.5, 0.6) is 0 Å². The molecular weight excluding hydrogens is 255 g/mol. The van der Waals surface area contributed by atoms with Gasteiger partial charge >= 0.3 is 6.18 Å². The molecule has 1 rings (SSSR count). The number of halogens is 4. The largest absolute Gasteiger partial charge is 0.416 e. The molecule has 0 aliphatic heterocycles. The first kappa shape index (κ1) is 16.2. The Morgan fingerprint density at radius 2 is 1.71 bits per heavy atom. The number of aliphatic hydroxyl groups excluding tert-OH is 1. The molecule has 3 N–H and O–H groups in total. The molecule has 6 heteroatoms. The van der Waals surface area contributed by atoms with Crippen LogP contribution in [0.4, 0.5) is 13.2 Å². The van der Waals surface area contributed by atoms with Gasteiger partial charge in [0.1, 0.15) is 0 Å². The van der Waals surface area contributed by atoms with Crippen molar-refractivity contribution in [2.24, 2.45) is 5.73 Å². The number of nitrogens with two attached hydrogens (primary N) is 1. The molecule has 0 bridgehead atoms. The highest BCUT2D eigenvalue weighted by Crippen LogP contribution is 2.29. The molecule has 0 amide bonds. The molecule has 0 spiro atoms. The first-order chi connectivity index (χ1) is 7.23. The molecular formula is C11H15ClF3NO. The van der Waals surface area contributed by atoms with Crippen molar-refractivity contribution in [3.8, 4) is 0 Å². The minimum Gasteiger partial charge on any atom is -0.382 e. The molecule has 1 aromatic carbocycles. The molecule has 0 saturated carbocycles. The molecule has 1 aromatic rings. The third kappa shape index (κ3) is 3.87. The number of benzene rings is 1. The van der Waals surface area contributed by atoms with Gasteiger partial charge in [-0.1, -0.05) is 18.2 Å². The summed E-state index contributed by atoms with van der Waals surface area (Å²) in [6, 6.07) is 3.31. The molecule has 0 heterocycles. The van der Waals surface area contributed by atoms with Crippen molar-refractivity contribution in [2.45, 2.75) is 32.2 Å². The van der Waals surface area contributed by atoms with Gasteiger partial charge in [-0.15, -0.1) is 12.4 Å². The van der Waals surface area contributed by atoms with Gasteiger partial charge in [0.2, 0.25) is 0 Å². The maximum atomic E-state index is 12.2. The van der Waals surface area contributed by atoms with Crippen LogP contribution in [0.15, 0.2) is 18.2 Å². The highest BCUT2D eigenvalue weighted by Gasteiger charge is 2.42. The van der Waals surface area contributed by atoms with E-state index in [1.165, 1.54) is 6.07 Å². The quantitative estimate of drug-likeness (QED) is 0.867. The fourth-order valence-corrected chi connectivity index (χ4v) is 1.36. The number of hydrogen-bond acceptors (Lipinski definition) is 2. The van der Waals surface area contributed by atoms with E-state index in [4.69, 9.17) is 10.8 Å². The summed E-state index contributed by atoms with van der Waals surface area (Å²) in [4.78, 5) is 0. The van der Waals surface area contributed by atoms with Gasteiger partial charge in [-0.25, -0.2) is 0 Å². The molecule has 2 nitrogen and oxygen atoms in total. The molecule has 0 aliphatic rings. The first-order valence-electron chi connectivity index (χ1n) is 4.81. The summed E-state index contributed by atoms with van der Waals surface area (Å²) in [5.74, 6) is 0. The molecule has 0 fully saturated rings. The summed E-state index contributed by atoms with van der Waals surface area (Å²) in [7, 11) is 0. The zero-order valence-electron chi connectivity index (χ0n) is 9.45. The molecule has 0 aromatic heterocycles. The molecule has 0 saturated heterocycles. The van der Waals surface area contributed by atoms with Gasteiger partial charge in [-0.2, -0.15) is 13.2 Å². The van der Waals surface area contributed by atoms with E-state index in [9.17, 15) is 13.2 Å². The highest BCUT2D eigenvalue weighted by molar-refractivity contribution is 5.85. The van der Waals surface area contributed by atoms with E-state index in [1.807, 2.05) is 6.92 Å². The van der Waals surface area contributed by atoms with Crippen LogP contribution in [0, 0.1) is 13.8 Å². The first-order valence-corrected chi connectivity index (χ1v) is 4.81. The van der Waals surface area contributed by atoms with E-state index >= 15 is 0 Å². The Bertz CT molecular complexity index is 381. The average Bonchev–Trinajstić information content (AvgIpc) is 2.18. The summed E-state index contributed by atoms with van der Waals surface area (Å²) in [5, 5.41) is 9.02. The van der Waals surface area contributed by atoms with E-state index in [1.54, 1.807) is 19.1 Å². The third-order valence-electron chi connectivity index (χ3n) is 2.59. The van der Waals surface area contributed by atoms with Crippen molar-refractivity contribution >= 4 is 12.4 Å². The topological polar surface area (TPSA) is 46.2 Å².